The number of amides is 2. The summed E-state index contributed by atoms with van der Waals surface area (Å²) in [5, 5.41) is 6.37. The molecule has 3 aromatic rings. The summed E-state index contributed by atoms with van der Waals surface area (Å²) < 4.78 is 45.1. The van der Waals surface area contributed by atoms with E-state index < -0.39 is 23.2 Å². The Hall–Kier alpha value is -3.29. The summed E-state index contributed by atoms with van der Waals surface area (Å²) in [7, 11) is 0. The Bertz CT molecular complexity index is 1180. The Morgan fingerprint density at radius 2 is 1.53 bits per heavy atom. The molecule has 0 bridgehead atoms. The van der Waals surface area contributed by atoms with Gasteiger partial charge in [0.1, 0.15) is 11.8 Å². The van der Waals surface area contributed by atoms with Gasteiger partial charge < -0.3 is 15.1 Å². The van der Waals surface area contributed by atoms with Gasteiger partial charge in [-0.2, -0.15) is 13.2 Å². The number of furan rings is 1. The first-order valence-corrected chi connectivity index (χ1v) is 10.4. The molecule has 2 aromatic carbocycles. The van der Waals surface area contributed by atoms with Gasteiger partial charge in [-0.1, -0.05) is 12.1 Å². The second kappa shape index (κ2) is 8.33. The van der Waals surface area contributed by atoms with Crippen LogP contribution in [0.1, 0.15) is 56.7 Å². The SMILES string of the molecule is Cc1cc2occ(C(=O)N[C@@H]3CC[C@H](NC(=O)c4ccccc4C(F)(F)F)C3)c2cc1C. The number of rotatable bonds is 4. The monoisotopic (exact) mass is 444 g/mol. The first-order chi connectivity index (χ1) is 15.1. The third-order valence-electron chi connectivity index (χ3n) is 6.01. The zero-order valence-electron chi connectivity index (χ0n) is 17.7. The molecule has 5 nitrogen and oxygen atoms in total. The molecule has 1 aliphatic rings. The van der Waals surface area contributed by atoms with E-state index >= 15 is 0 Å². The molecule has 1 heterocycles. The first-order valence-electron chi connectivity index (χ1n) is 10.4. The van der Waals surface area contributed by atoms with E-state index in [1.165, 1.54) is 24.5 Å². The van der Waals surface area contributed by atoms with E-state index in [-0.39, 0.29) is 18.0 Å². The fourth-order valence-electron chi connectivity index (χ4n) is 4.16. The number of alkyl halides is 3. The summed E-state index contributed by atoms with van der Waals surface area (Å²) in [5.74, 6) is -1.03. The summed E-state index contributed by atoms with van der Waals surface area (Å²) in [6, 6.07) is 8.01. The number of benzene rings is 2. The number of hydrogen-bond acceptors (Lipinski definition) is 3. The highest BCUT2D eigenvalue weighted by Crippen LogP contribution is 2.32. The van der Waals surface area contributed by atoms with Crippen molar-refractivity contribution in [3.63, 3.8) is 0 Å². The van der Waals surface area contributed by atoms with Crippen LogP contribution in [0.25, 0.3) is 11.0 Å². The topological polar surface area (TPSA) is 71.3 Å². The van der Waals surface area contributed by atoms with Crippen LogP contribution in [-0.2, 0) is 6.18 Å². The van der Waals surface area contributed by atoms with Crippen molar-refractivity contribution < 1.29 is 27.2 Å². The molecule has 2 N–H and O–H groups in total. The maximum absolute atomic E-state index is 13.2. The summed E-state index contributed by atoms with van der Waals surface area (Å²) in [4.78, 5) is 25.3. The van der Waals surface area contributed by atoms with Crippen molar-refractivity contribution in [2.75, 3.05) is 0 Å². The molecular formula is C24H23F3N2O3. The summed E-state index contributed by atoms with van der Waals surface area (Å²) in [6.45, 7) is 3.93. The van der Waals surface area contributed by atoms with Gasteiger partial charge in [0, 0.05) is 17.5 Å². The second-order valence-corrected chi connectivity index (χ2v) is 8.28. The summed E-state index contributed by atoms with van der Waals surface area (Å²) in [5.41, 5.74) is 1.84. The second-order valence-electron chi connectivity index (χ2n) is 8.28. The Balaban J connectivity index is 1.40. The molecule has 2 atom stereocenters. The van der Waals surface area contributed by atoms with E-state index in [4.69, 9.17) is 4.42 Å². The Kier molecular flexibility index (Phi) is 5.71. The highest BCUT2D eigenvalue weighted by atomic mass is 19.4. The molecule has 2 amide bonds. The fourth-order valence-corrected chi connectivity index (χ4v) is 4.16. The number of carbonyl (C=O) groups excluding carboxylic acids is 2. The lowest BCUT2D eigenvalue weighted by Gasteiger charge is -2.17. The average Bonchev–Trinajstić information content (AvgIpc) is 3.34. The Labute approximate surface area is 183 Å². The van der Waals surface area contributed by atoms with Crippen molar-refractivity contribution in [1.82, 2.24) is 10.6 Å². The largest absolute Gasteiger partial charge is 0.463 e. The molecule has 0 aliphatic heterocycles. The highest BCUT2D eigenvalue weighted by molar-refractivity contribution is 6.06. The van der Waals surface area contributed by atoms with Gasteiger partial charge in [0.25, 0.3) is 11.8 Å². The predicted octanol–water partition coefficient (Wildman–Crippen LogP) is 5.15. The van der Waals surface area contributed by atoms with E-state index in [0.717, 1.165) is 22.6 Å². The molecular weight excluding hydrogens is 421 g/mol. The minimum absolute atomic E-state index is 0.192. The van der Waals surface area contributed by atoms with Gasteiger partial charge in [-0.05, 0) is 68.5 Å². The zero-order chi connectivity index (χ0) is 23.0. The van der Waals surface area contributed by atoms with Crippen molar-refractivity contribution in [2.45, 2.75) is 51.4 Å². The van der Waals surface area contributed by atoms with Crippen molar-refractivity contribution in [2.24, 2.45) is 0 Å². The fraction of sp³-hybridized carbons (Fsp3) is 0.333. The van der Waals surface area contributed by atoms with Gasteiger partial charge in [0.05, 0.1) is 16.7 Å². The van der Waals surface area contributed by atoms with Crippen molar-refractivity contribution in [1.29, 1.82) is 0 Å². The van der Waals surface area contributed by atoms with Crippen LogP contribution >= 0.6 is 0 Å². The third kappa shape index (κ3) is 4.35. The molecule has 0 radical (unpaired) electrons. The molecule has 0 unspecified atom stereocenters. The Morgan fingerprint density at radius 1 is 0.938 bits per heavy atom. The predicted molar refractivity (Wildman–Crippen MR) is 113 cm³/mol. The molecule has 0 saturated heterocycles. The van der Waals surface area contributed by atoms with Crippen LogP contribution in [0.2, 0.25) is 0 Å². The van der Waals surface area contributed by atoms with Crippen molar-refractivity contribution in [3.05, 3.63) is 70.5 Å². The maximum Gasteiger partial charge on any atom is 0.417 e. The van der Waals surface area contributed by atoms with Gasteiger partial charge in [-0.25, -0.2) is 0 Å². The van der Waals surface area contributed by atoms with Gasteiger partial charge in [-0.3, -0.25) is 9.59 Å². The van der Waals surface area contributed by atoms with Gasteiger partial charge in [0.15, 0.2) is 0 Å². The normalized spacial score (nSPS) is 18.7. The van der Waals surface area contributed by atoms with E-state index in [0.29, 0.717) is 30.4 Å². The quantitative estimate of drug-likeness (QED) is 0.585. The number of nitrogens with one attached hydrogen (secondary N) is 2. The Morgan fingerprint density at radius 3 is 2.19 bits per heavy atom. The van der Waals surface area contributed by atoms with Gasteiger partial charge in [-0.15, -0.1) is 0 Å². The van der Waals surface area contributed by atoms with E-state index in [1.807, 2.05) is 26.0 Å². The van der Waals surface area contributed by atoms with E-state index in [9.17, 15) is 22.8 Å². The molecule has 4 rings (SSSR count). The van der Waals surface area contributed by atoms with Crippen LogP contribution in [0.4, 0.5) is 13.2 Å². The first kappa shape index (κ1) is 21.9. The number of fused-ring (bicyclic) bond motifs is 1. The lowest BCUT2D eigenvalue weighted by molar-refractivity contribution is -0.137. The van der Waals surface area contributed by atoms with E-state index in [2.05, 4.69) is 10.6 Å². The lowest BCUT2D eigenvalue weighted by atomic mass is 10.0. The van der Waals surface area contributed by atoms with Crippen LogP contribution < -0.4 is 10.6 Å². The highest BCUT2D eigenvalue weighted by Gasteiger charge is 2.36. The molecule has 0 spiro atoms. The van der Waals surface area contributed by atoms with Gasteiger partial charge in [0.2, 0.25) is 0 Å². The molecule has 168 valence electrons. The molecule has 32 heavy (non-hydrogen) atoms. The summed E-state index contributed by atoms with van der Waals surface area (Å²) >= 11 is 0. The minimum atomic E-state index is -4.61. The molecule has 1 saturated carbocycles. The minimum Gasteiger partial charge on any atom is -0.463 e. The average molecular weight is 444 g/mol. The molecule has 1 aliphatic carbocycles. The zero-order valence-corrected chi connectivity index (χ0v) is 17.7. The number of hydrogen-bond donors (Lipinski definition) is 2. The number of aryl methyl sites for hydroxylation is 2. The maximum atomic E-state index is 13.2. The van der Waals surface area contributed by atoms with E-state index in [1.54, 1.807) is 0 Å². The molecule has 8 heteroatoms. The molecule has 1 fully saturated rings. The van der Waals surface area contributed by atoms with Crippen LogP contribution in [0.5, 0.6) is 0 Å². The van der Waals surface area contributed by atoms with Crippen molar-refractivity contribution in [3.8, 4) is 0 Å². The van der Waals surface area contributed by atoms with Gasteiger partial charge >= 0.3 is 6.18 Å². The number of carbonyl (C=O) groups is 2. The standard InChI is InChI=1S/C24H23F3N2O3/c1-13-9-18-19(12-32-21(18)10-14(13)2)23(31)29-16-8-7-15(11-16)28-22(30)17-5-3-4-6-20(17)24(25,26)27/h3-6,9-10,12,15-16H,7-8,11H2,1-2H3,(H,28,30)(H,29,31)/t15-,16+/m0/s1. The molecule has 1 aromatic heterocycles. The smallest absolute Gasteiger partial charge is 0.417 e. The van der Waals surface area contributed by atoms with Crippen LogP contribution in [0.15, 0.2) is 47.1 Å². The van der Waals surface area contributed by atoms with Crippen LogP contribution in [0, 0.1) is 13.8 Å². The number of halogens is 3. The van der Waals surface area contributed by atoms with Crippen LogP contribution in [-0.4, -0.2) is 23.9 Å². The summed E-state index contributed by atoms with van der Waals surface area (Å²) in [6.07, 6.45) is -1.55. The van der Waals surface area contributed by atoms with Crippen molar-refractivity contribution >= 4 is 22.8 Å². The lowest BCUT2D eigenvalue weighted by Crippen LogP contribution is -2.37. The van der Waals surface area contributed by atoms with Crippen LogP contribution in [0.3, 0.4) is 0 Å². The third-order valence-corrected chi connectivity index (χ3v) is 6.01.